The average Bonchev–Trinajstić information content (AvgIpc) is 2.93. The van der Waals surface area contributed by atoms with Crippen LogP contribution < -0.4 is 4.74 Å². The number of methoxy groups -OCH3 is 1. The average molecular weight is 360 g/mol. The normalized spacial score (nSPS) is 10.9. The second kappa shape index (κ2) is 5.94. The number of carbonyl (C=O) groups is 1. The van der Waals surface area contributed by atoms with E-state index >= 15 is 0 Å². The van der Waals surface area contributed by atoms with Crippen molar-refractivity contribution in [3.63, 3.8) is 0 Å². The SMILES string of the molecule is COc1cc(C(=O)n2cc(CO)c3ccccc32)ccc1Br. The van der Waals surface area contributed by atoms with Crippen LogP contribution in [0.2, 0.25) is 0 Å². The first-order valence-electron chi connectivity index (χ1n) is 6.73. The number of aliphatic hydroxyl groups excluding tert-OH is 1. The standard InChI is InChI=1S/C17H14BrNO3/c1-22-16-8-11(6-7-14(16)18)17(21)19-9-12(10-20)13-4-2-3-5-15(13)19/h2-9,20H,10H2,1H3. The molecule has 0 radical (unpaired) electrons. The molecule has 0 saturated carbocycles. The first-order valence-corrected chi connectivity index (χ1v) is 7.53. The van der Waals surface area contributed by atoms with Crippen molar-refractivity contribution in [2.24, 2.45) is 0 Å². The Hall–Kier alpha value is -2.11. The number of para-hydroxylation sites is 1. The molecule has 1 aromatic heterocycles. The van der Waals surface area contributed by atoms with Gasteiger partial charge in [0.25, 0.3) is 5.91 Å². The van der Waals surface area contributed by atoms with Gasteiger partial charge in [0.1, 0.15) is 5.75 Å². The van der Waals surface area contributed by atoms with Gasteiger partial charge < -0.3 is 9.84 Å². The third-order valence-electron chi connectivity index (χ3n) is 3.58. The Kier molecular flexibility index (Phi) is 4.00. The molecule has 0 saturated heterocycles. The van der Waals surface area contributed by atoms with Crippen LogP contribution in [0.1, 0.15) is 15.9 Å². The summed E-state index contributed by atoms with van der Waals surface area (Å²) in [5, 5.41) is 10.3. The molecule has 1 heterocycles. The largest absolute Gasteiger partial charge is 0.496 e. The highest BCUT2D eigenvalue weighted by Gasteiger charge is 2.16. The highest BCUT2D eigenvalue weighted by atomic mass is 79.9. The molecule has 0 spiro atoms. The smallest absolute Gasteiger partial charge is 0.262 e. The number of hydrogen-bond donors (Lipinski definition) is 1. The van der Waals surface area contributed by atoms with E-state index in [0.717, 1.165) is 20.9 Å². The van der Waals surface area contributed by atoms with Crippen LogP contribution in [0.4, 0.5) is 0 Å². The summed E-state index contributed by atoms with van der Waals surface area (Å²) in [7, 11) is 1.56. The Balaban J connectivity index is 2.13. The minimum Gasteiger partial charge on any atom is -0.496 e. The highest BCUT2D eigenvalue weighted by molar-refractivity contribution is 9.10. The minimum absolute atomic E-state index is 0.107. The summed E-state index contributed by atoms with van der Waals surface area (Å²) in [5.74, 6) is 0.436. The van der Waals surface area contributed by atoms with Gasteiger partial charge >= 0.3 is 0 Å². The molecule has 3 aromatic rings. The maximum atomic E-state index is 12.8. The third kappa shape index (κ3) is 2.42. The molecule has 4 nitrogen and oxygen atoms in total. The fourth-order valence-corrected chi connectivity index (χ4v) is 2.88. The summed E-state index contributed by atoms with van der Waals surface area (Å²) in [6.45, 7) is -0.107. The molecular formula is C17H14BrNO3. The van der Waals surface area contributed by atoms with Crippen molar-refractivity contribution in [1.82, 2.24) is 4.57 Å². The van der Waals surface area contributed by atoms with E-state index in [1.807, 2.05) is 24.3 Å². The van der Waals surface area contributed by atoms with Gasteiger partial charge in [-0.25, -0.2) is 0 Å². The fourth-order valence-electron chi connectivity index (χ4n) is 2.48. The Morgan fingerprint density at radius 3 is 2.77 bits per heavy atom. The number of aromatic nitrogens is 1. The van der Waals surface area contributed by atoms with Crippen LogP contribution in [0.5, 0.6) is 5.75 Å². The van der Waals surface area contributed by atoms with Crippen LogP contribution in [-0.2, 0) is 6.61 Å². The monoisotopic (exact) mass is 359 g/mol. The molecule has 3 rings (SSSR count). The highest BCUT2D eigenvalue weighted by Crippen LogP contribution is 2.27. The van der Waals surface area contributed by atoms with Crippen LogP contribution >= 0.6 is 15.9 Å². The van der Waals surface area contributed by atoms with Gasteiger partial charge in [0, 0.05) is 22.7 Å². The van der Waals surface area contributed by atoms with Crippen molar-refractivity contribution >= 4 is 32.7 Å². The maximum Gasteiger partial charge on any atom is 0.262 e. The molecule has 0 bridgehead atoms. The van der Waals surface area contributed by atoms with Crippen LogP contribution in [0.15, 0.2) is 53.1 Å². The lowest BCUT2D eigenvalue weighted by atomic mass is 10.2. The Bertz CT molecular complexity index is 854. The van der Waals surface area contributed by atoms with Crippen LogP contribution in [0.3, 0.4) is 0 Å². The molecule has 22 heavy (non-hydrogen) atoms. The zero-order valence-corrected chi connectivity index (χ0v) is 13.5. The molecule has 0 atom stereocenters. The molecule has 0 fully saturated rings. The van der Waals surface area contributed by atoms with E-state index in [1.54, 1.807) is 36.1 Å². The Morgan fingerprint density at radius 1 is 1.27 bits per heavy atom. The van der Waals surface area contributed by atoms with Gasteiger partial charge in [-0.1, -0.05) is 18.2 Å². The molecule has 0 aliphatic rings. The quantitative estimate of drug-likeness (QED) is 0.777. The predicted molar refractivity (Wildman–Crippen MR) is 88.3 cm³/mol. The molecule has 0 amide bonds. The van der Waals surface area contributed by atoms with Gasteiger partial charge in [-0.05, 0) is 40.2 Å². The van der Waals surface area contributed by atoms with Crippen molar-refractivity contribution < 1.29 is 14.6 Å². The van der Waals surface area contributed by atoms with Crippen molar-refractivity contribution in [3.05, 3.63) is 64.3 Å². The lowest BCUT2D eigenvalue weighted by Crippen LogP contribution is -2.10. The molecule has 2 aromatic carbocycles. The van der Waals surface area contributed by atoms with Gasteiger partial charge in [-0.3, -0.25) is 9.36 Å². The van der Waals surface area contributed by atoms with E-state index in [2.05, 4.69) is 15.9 Å². The Labute approximate surface area is 136 Å². The van der Waals surface area contributed by atoms with Crippen molar-refractivity contribution in [2.75, 3.05) is 7.11 Å². The summed E-state index contributed by atoms with van der Waals surface area (Å²) >= 11 is 3.37. The van der Waals surface area contributed by atoms with E-state index < -0.39 is 0 Å². The van der Waals surface area contributed by atoms with Crippen LogP contribution in [0.25, 0.3) is 10.9 Å². The lowest BCUT2D eigenvalue weighted by Gasteiger charge is -2.07. The molecule has 0 aliphatic heterocycles. The van der Waals surface area contributed by atoms with Crippen molar-refractivity contribution in [2.45, 2.75) is 6.61 Å². The molecule has 5 heteroatoms. The van der Waals surface area contributed by atoms with Crippen molar-refractivity contribution in [3.8, 4) is 5.75 Å². The molecule has 1 N–H and O–H groups in total. The van der Waals surface area contributed by atoms with Gasteiger partial charge in [-0.2, -0.15) is 0 Å². The number of halogens is 1. The summed E-state index contributed by atoms with van der Waals surface area (Å²) in [6, 6.07) is 12.7. The Morgan fingerprint density at radius 2 is 2.05 bits per heavy atom. The summed E-state index contributed by atoms with van der Waals surface area (Å²) in [5.41, 5.74) is 2.02. The third-order valence-corrected chi connectivity index (χ3v) is 4.24. The zero-order valence-electron chi connectivity index (χ0n) is 11.9. The van der Waals surface area contributed by atoms with Gasteiger partial charge in [0.05, 0.1) is 23.7 Å². The summed E-state index contributed by atoms with van der Waals surface area (Å²) < 4.78 is 7.59. The number of carbonyl (C=O) groups excluding carboxylic acids is 1. The van der Waals surface area contributed by atoms with Gasteiger partial charge in [-0.15, -0.1) is 0 Å². The molecule has 0 unspecified atom stereocenters. The van der Waals surface area contributed by atoms with Crippen molar-refractivity contribution in [1.29, 1.82) is 0 Å². The van der Waals surface area contributed by atoms with E-state index in [9.17, 15) is 9.90 Å². The first kappa shape index (κ1) is 14.8. The lowest BCUT2D eigenvalue weighted by molar-refractivity contribution is 0.0964. The molecular weight excluding hydrogens is 346 g/mol. The van der Waals surface area contributed by atoms with Gasteiger partial charge in [0.15, 0.2) is 0 Å². The fraction of sp³-hybridized carbons (Fsp3) is 0.118. The second-order valence-electron chi connectivity index (χ2n) is 4.85. The van der Waals surface area contributed by atoms with Crippen LogP contribution in [0, 0.1) is 0 Å². The molecule has 0 aliphatic carbocycles. The second-order valence-corrected chi connectivity index (χ2v) is 5.71. The number of benzene rings is 2. The van der Waals surface area contributed by atoms with Gasteiger partial charge in [0.2, 0.25) is 0 Å². The summed E-state index contributed by atoms with van der Waals surface area (Å²) in [4.78, 5) is 12.8. The number of ether oxygens (including phenoxy) is 1. The van der Waals surface area contributed by atoms with E-state index in [1.165, 1.54) is 0 Å². The van der Waals surface area contributed by atoms with E-state index in [-0.39, 0.29) is 12.5 Å². The number of nitrogens with zero attached hydrogens (tertiary/aromatic N) is 1. The minimum atomic E-state index is -0.165. The van der Waals surface area contributed by atoms with Crippen LogP contribution in [-0.4, -0.2) is 22.7 Å². The van der Waals surface area contributed by atoms with E-state index in [0.29, 0.717) is 11.3 Å². The predicted octanol–water partition coefficient (Wildman–Crippen LogP) is 3.59. The zero-order chi connectivity index (χ0) is 15.7. The number of aliphatic hydroxyl groups is 1. The number of rotatable bonds is 3. The number of hydrogen-bond acceptors (Lipinski definition) is 3. The van der Waals surface area contributed by atoms with E-state index in [4.69, 9.17) is 4.74 Å². The maximum absolute atomic E-state index is 12.8. The first-order chi connectivity index (χ1) is 10.7. The number of fused-ring (bicyclic) bond motifs is 1. The summed E-state index contributed by atoms with van der Waals surface area (Å²) in [6.07, 6.45) is 1.68. The molecule has 112 valence electrons. The topological polar surface area (TPSA) is 51.5 Å².